The van der Waals surface area contributed by atoms with E-state index in [-0.39, 0.29) is 12.6 Å². The van der Waals surface area contributed by atoms with Crippen LogP contribution in [0, 0.1) is 0 Å². The zero-order valence-electron chi connectivity index (χ0n) is 15.7. The van der Waals surface area contributed by atoms with E-state index in [1.165, 1.54) is 0 Å². The number of carbonyl (C=O) groups excluding carboxylic acids is 2. The molecule has 0 atom stereocenters. The Labute approximate surface area is 159 Å². The summed E-state index contributed by atoms with van der Waals surface area (Å²) in [6.45, 7) is 6.02. The monoisotopic (exact) mass is 371 g/mol. The van der Waals surface area contributed by atoms with E-state index in [2.05, 4.69) is 16.0 Å². The van der Waals surface area contributed by atoms with Crippen molar-refractivity contribution in [3.8, 4) is 5.75 Å². The number of carbonyl (C=O) groups is 2. The van der Waals surface area contributed by atoms with E-state index in [9.17, 15) is 9.59 Å². The molecule has 0 heterocycles. The highest BCUT2D eigenvalue weighted by atomic mass is 16.6. The third-order valence-corrected chi connectivity index (χ3v) is 3.17. The molecule has 0 bridgehead atoms. The number of para-hydroxylation sites is 1. The number of nitrogens with one attached hydrogen (secondary N) is 3. The summed E-state index contributed by atoms with van der Waals surface area (Å²) >= 11 is 0. The van der Waals surface area contributed by atoms with Crippen LogP contribution in [0.15, 0.2) is 54.6 Å². The first-order valence-corrected chi connectivity index (χ1v) is 8.64. The summed E-state index contributed by atoms with van der Waals surface area (Å²) in [6, 6.07) is 15.8. The van der Waals surface area contributed by atoms with Gasteiger partial charge in [-0.2, -0.15) is 0 Å². The number of ether oxygens (including phenoxy) is 2. The van der Waals surface area contributed by atoms with E-state index >= 15 is 0 Å². The summed E-state index contributed by atoms with van der Waals surface area (Å²) in [5.41, 5.74) is 0.720. The van der Waals surface area contributed by atoms with Crippen LogP contribution in [0.4, 0.5) is 21.0 Å². The first-order chi connectivity index (χ1) is 12.8. The molecular weight excluding hydrogens is 346 g/mol. The fraction of sp³-hybridized carbons (Fsp3) is 0.300. The summed E-state index contributed by atoms with van der Waals surface area (Å²) in [5.74, 6) is 0.578. The molecule has 7 heteroatoms. The molecule has 0 radical (unpaired) electrons. The Morgan fingerprint density at radius 3 is 2.33 bits per heavy atom. The second-order valence-corrected chi connectivity index (χ2v) is 6.75. The van der Waals surface area contributed by atoms with Crippen molar-refractivity contribution >= 4 is 23.5 Å². The average molecular weight is 371 g/mol. The summed E-state index contributed by atoms with van der Waals surface area (Å²) in [6.07, 6.45) is -0.529. The van der Waals surface area contributed by atoms with Crippen LogP contribution in [-0.2, 0) is 4.74 Å². The lowest BCUT2D eigenvalue weighted by molar-refractivity contribution is 0.0636. The SMILES string of the molecule is CC(C)(C)OC(=O)Nc1cccc(OCCNC(=O)Nc2ccccc2)c1. The van der Waals surface area contributed by atoms with Crippen LogP contribution in [0.1, 0.15) is 20.8 Å². The topological polar surface area (TPSA) is 88.7 Å². The number of urea groups is 1. The van der Waals surface area contributed by atoms with E-state index < -0.39 is 11.7 Å². The fourth-order valence-corrected chi connectivity index (χ4v) is 2.12. The van der Waals surface area contributed by atoms with Gasteiger partial charge in [-0.05, 0) is 45.0 Å². The van der Waals surface area contributed by atoms with Gasteiger partial charge < -0.3 is 20.1 Å². The number of amides is 3. The first-order valence-electron chi connectivity index (χ1n) is 8.64. The number of benzene rings is 2. The Balaban J connectivity index is 1.73. The van der Waals surface area contributed by atoms with Crippen molar-refractivity contribution in [1.29, 1.82) is 0 Å². The third-order valence-electron chi connectivity index (χ3n) is 3.17. The largest absolute Gasteiger partial charge is 0.492 e. The normalized spacial score (nSPS) is 10.6. The van der Waals surface area contributed by atoms with Crippen molar-refractivity contribution in [1.82, 2.24) is 5.32 Å². The molecule has 144 valence electrons. The molecule has 0 aromatic heterocycles. The Morgan fingerprint density at radius 2 is 1.63 bits per heavy atom. The maximum atomic E-state index is 11.8. The molecule has 0 unspecified atom stereocenters. The standard InChI is InChI=1S/C20H25N3O4/c1-20(2,3)27-19(25)23-16-10-7-11-17(14-16)26-13-12-21-18(24)22-15-8-5-4-6-9-15/h4-11,14H,12-13H2,1-3H3,(H,23,25)(H2,21,22,24). The quantitative estimate of drug-likeness (QED) is 0.663. The second-order valence-electron chi connectivity index (χ2n) is 6.75. The van der Waals surface area contributed by atoms with Crippen LogP contribution in [0.3, 0.4) is 0 Å². The molecular formula is C20H25N3O4. The number of hydrogen-bond acceptors (Lipinski definition) is 4. The smallest absolute Gasteiger partial charge is 0.412 e. The lowest BCUT2D eigenvalue weighted by atomic mass is 10.2. The minimum atomic E-state index is -0.565. The Kier molecular flexibility index (Phi) is 7.05. The van der Waals surface area contributed by atoms with E-state index in [1.54, 1.807) is 57.2 Å². The van der Waals surface area contributed by atoms with Gasteiger partial charge >= 0.3 is 12.1 Å². The van der Waals surface area contributed by atoms with Crippen LogP contribution < -0.4 is 20.7 Å². The zero-order valence-corrected chi connectivity index (χ0v) is 15.7. The molecule has 0 aliphatic heterocycles. The van der Waals surface area contributed by atoms with Gasteiger partial charge in [0.2, 0.25) is 0 Å². The molecule has 27 heavy (non-hydrogen) atoms. The van der Waals surface area contributed by atoms with Crippen molar-refractivity contribution in [2.24, 2.45) is 0 Å². The molecule has 2 aromatic carbocycles. The highest BCUT2D eigenvalue weighted by Crippen LogP contribution is 2.18. The zero-order chi connectivity index (χ0) is 19.7. The van der Waals surface area contributed by atoms with Gasteiger partial charge in [-0.3, -0.25) is 5.32 Å². The van der Waals surface area contributed by atoms with E-state index in [4.69, 9.17) is 9.47 Å². The van der Waals surface area contributed by atoms with Gasteiger partial charge in [-0.15, -0.1) is 0 Å². The summed E-state index contributed by atoms with van der Waals surface area (Å²) in [5, 5.41) is 8.09. The number of anilines is 2. The molecule has 0 aliphatic rings. The van der Waals surface area contributed by atoms with Gasteiger partial charge in [0.1, 0.15) is 18.0 Å². The van der Waals surface area contributed by atoms with E-state index in [0.29, 0.717) is 18.0 Å². The van der Waals surface area contributed by atoms with Crippen LogP contribution in [0.5, 0.6) is 5.75 Å². The van der Waals surface area contributed by atoms with Crippen molar-refractivity contribution in [3.63, 3.8) is 0 Å². The van der Waals surface area contributed by atoms with Gasteiger partial charge in [-0.1, -0.05) is 24.3 Å². The van der Waals surface area contributed by atoms with Crippen LogP contribution >= 0.6 is 0 Å². The molecule has 7 nitrogen and oxygen atoms in total. The maximum absolute atomic E-state index is 11.8. The van der Waals surface area contributed by atoms with E-state index in [1.807, 2.05) is 18.2 Å². The highest BCUT2D eigenvalue weighted by Gasteiger charge is 2.16. The molecule has 0 spiro atoms. The minimum absolute atomic E-state index is 0.290. The predicted octanol–water partition coefficient (Wildman–Crippen LogP) is 4.23. The van der Waals surface area contributed by atoms with Crippen LogP contribution in [0.25, 0.3) is 0 Å². The first kappa shape index (κ1) is 20.1. The molecule has 0 aliphatic carbocycles. The Hall–Kier alpha value is -3.22. The second kappa shape index (κ2) is 9.47. The summed E-state index contributed by atoms with van der Waals surface area (Å²) < 4.78 is 10.8. The van der Waals surface area contributed by atoms with Crippen molar-refractivity contribution in [3.05, 3.63) is 54.6 Å². The Bertz CT molecular complexity index is 757. The lowest BCUT2D eigenvalue weighted by Crippen LogP contribution is -2.32. The fourth-order valence-electron chi connectivity index (χ4n) is 2.12. The minimum Gasteiger partial charge on any atom is -0.492 e. The predicted molar refractivity (Wildman–Crippen MR) is 105 cm³/mol. The van der Waals surface area contributed by atoms with Gasteiger partial charge in [0.05, 0.1) is 6.54 Å². The number of rotatable bonds is 6. The molecule has 2 rings (SSSR count). The maximum Gasteiger partial charge on any atom is 0.412 e. The lowest BCUT2D eigenvalue weighted by Gasteiger charge is -2.19. The van der Waals surface area contributed by atoms with Gasteiger partial charge in [-0.25, -0.2) is 9.59 Å². The summed E-state index contributed by atoms with van der Waals surface area (Å²) in [4.78, 5) is 23.6. The molecule has 0 saturated heterocycles. The summed E-state index contributed by atoms with van der Waals surface area (Å²) in [7, 11) is 0. The third kappa shape index (κ3) is 8.13. The average Bonchev–Trinajstić information content (AvgIpc) is 2.58. The highest BCUT2D eigenvalue weighted by molar-refractivity contribution is 5.89. The van der Waals surface area contributed by atoms with E-state index in [0.717, 1.165) is 5.69 Å². The number of hydrogen-bond donors (Lipinski definition) is 3. The molecule has 3 amide bonds. The van der Waals surface area contributed by atoms with Gasteiger partial charge in [0.25, 0.3) is 0 Å². The molecule has 0 fully saturated rings. The molecule has 2 aromatic rings. The van der Waals surface area contributed by atoms with Crippen LogP contribution in [-0.4, -0.2) is 30.9 Å². The molecule has 0 saturated carbocycles. The van der Waals surface area contributed by atoms with Gasteiger partial charge in [0.15, 0.2) is 0 Å². The van der Waals surface area contributed by atoms with Crippen molar-refractivity contribution < 1.29 is 19.1 Å². The van der Waals surface area contributed by atoms with Crippen molar-refractivity contribution in [2.45, 2.75) is 26.4 Å². The Morgan fingerprint density at radius 1 is 0.926 bits per heavy atom. The van der Waals surface area contributed by atoms with Gasteiger partial charge in [0, 0.05) is 17.4 Å². The van der Waals surface area contributed by atoms with Crippen molar-refractivity contribution in [2.75, 3.05) is 23.8 Å². The van der Waals surface area contributed by atoms with Crippen LogP contribution in [0.2, 0.25) is 0 Å². The molecule has 3 N–H and O–H groups in total.